The number of rotatable bonds is 3. The summed E-state index contributed by atoms with van der Waals surface area (Å²) >= 11 is 0. The van der Waals surface area contributed by atoms with Gasteiger partial charge in [0.15, 0.2) is 0 Å². The molecule has 0 aromatic carbocycles. The van der Waals surface area contributed by atoms with E-state index in [4.69, 9.17) is 0 Å². The second kappa shape index (κ2) is 6.31. The minimum absolute atomic E-state index is 0.347. The SMILES string of the molecule is CNC1CCN(C2CCC(C#N)(c3ccc(F)cn3)CC2)C1. The van der Waals surface area contributed by atoms with Gasteiger partial charge in [0.05, 0.1) is 23.4 Å². The summed E-state index contributed by atoms with van der Waals surface area (Å²) in [4.78, 5) is 6.73. The van der Waals surface area contributed by atoms with Crippen LogP contribution in [0, 0.1) is 17.1 Å². The normalized spacial score (nSPS) is 32.8. The Kier molecular flexibility index (Phi) is 4.42. The highest BCUT2D eigenvalue weighted by Crippen LogP contribution is 2.40. The third-order valence-corrected chi connectivity index (χ3v) is 5.38. The maximum Gasteiger partial charge on any atom is 0.141 e. The van der Waals surface area contributed by atoms with Crippen LogP contribution in [-0.4, -0.2) is 42.1 Å². The van der Waals surface area contributed by atoms with E-state index in [9.17, 15) is 9.65 Å². The van der Waals surface area contributed by atoms with Crippen LogP contribution in [-0.2, 0) is 5.41 Å². The van der Waals surface area contributed by atoms with E-state index in [2.05, 4.69) is 21.3 Å². The zero-order chi connectivity index (χ0) is 15.6. The van der Waals surface area contributed by atoms with Crippen molar-refractivity contribution in [2.75, 3.05) is 20.1 Å². The van der Waals surface area contributed by atoms with Crippen molar-refractivity contribution in [2.45, 2.75) is 49.6 Å². The van der Waals surface area contributed by atoms with E-state index in [1.54, 1.807) is 6.07 Å². The molecular formula is C17H23FN4. The molecule has 1 unspecified atom stereocenters. The van der Waals surface area contributed by atoms with E-state index in [0.29, 0.717) is 12.1 Å². The van der Waals surface area contributed by atoms with Gasteiger partial charge in [-0.25, -0.2) is 4.39 Å². The Morgan fingerprint density at radius 3 is 2.68 bits per heavy atom. The molecule has 22 heavy (non-hydrogen) atoms. The zero-order valence-electron chi connectivity index (χ0n) is 13.1. The third kappa shape index (κ3) is 2.86. The Morgan fingerprint density at radius 1 is 1.36 bits per heavy atom. The van der Waals surface area contributed by atoms with Gasteiger partial charge >= 0.3 is 0 Å². The topological polar surface area (TPSA) is 52.0 Å². The van der Waals surface area contributed by atoms with Crippen molar-refractivity contribution in [2.24, 2.45) is 0 Å². The Hall–Kier alpha value is -1.51. The highest BCUT2D eigenvalue weighted by atomic mass is 19.1. The fourth-order valence-electron chi connectivity index (χ4n) is 3.90. The first-order chi connectivity index (χ1) is 10.7. The maximum absolute atomic E-state index is 13.1. The molecule has 4 nitrogen and oxygen atoms in total. The largest absolute Gasteiger partial charge is 0.316 e. The van der Waals surface area contributed by atoms with Gasteiger partial charge < -0.3 is 5.32 Å². The van der Waals surface area contributed by atoms with Gasteiger partial charge in [0.25, 0.3) is 0 Å². The predicted molar refractivity (Wildman–Crippen MR) is 82.8 cm³/mol. The summed E-state index contributed by atoms with van der Waals surface area (Å²) in [5, 5.41) is 13.0. The summed E-state index contributed by atoms with van der Waals surface area (Å²) in [6.07, 6.45) is 6.08. The monoisotopic (exact) mass is 302 g/mol. The Labute approximate surface area is 131 Å². The summed E-state index contributed by atoms with van der Waals surface area (Å²) in [5.74, 6) is -0.347. The Morgan fingerprint density at radius 2 is 2.14 bits per heavy atom. The van der Waals surface area contributed by atoms with Crippen molar-refractivity contribution in [1.29, 1.82) is 5.26 Å². The van der Waals surface area contributed by atoms with Crippen LogP contribution >= 0.6 is 0 Å². The maximum atomic E-state index is 13.1. The molecule has 1 atom stereocenters. The lowest BCUT2D eigenvalue weighted by atomic mass is 9.71. The van der Waals surface area contributed by atoms with E-state index in [1.807, 2.05) is 7.05 Å². The van der Waals surface area contributed by atoms with Gasteiger partial charge in [0, 0.05) is 25.2 Å². The second-order valence-electron chi connectivity index (χ2n) is 6.56. The number of hydrogen-bond acceptors (Lipinski definition) is 4. The summed E-state index contributed by atoms with van der Waals surface area (Å²) in [6.45, 7) is 2.25. The van der Waals surface area contributed by atoms with Gasteiger partial charge in [-0.2, -0.15) is 5.26 Å². The fraction of sp³-hybridized carbons (Fsp3) is 0.647. The fourth-order valence-corrected chi connectivity index (χ4v) is 3.90. The van der Waals surface area contributed by atoms with Gasteiger partial charge in [-0.15, -0.1) is 0 Å². The first-order valence-corrected chi connectivity index (χ1v) is 8.11. The van der Waals surface area contributed by atoms with Crippen LogP contribution in [0.4, 0.5) is 4.39 Å². The molecule has 0 amide bonds. The minimum Gasteiger partial charge on any atom is -0.316 e. The molecule has 1 aromatic heterocycles. The third-order valence-electron chi connectivity index (χ3n) is 5.38. The molecule has 1 aliphatic heterocycles. The summed E-state index contributed by atoms with van der Waals surface area (Å²) in [5.41, 5.74) is 0.191. The molecule has 3 rings (SSSR count). The molecule has 1 aliphatic carbocycles. The molecule has 0 radical (unpaired) electrons. The number of nitrogens with one attached hydrogen (secondary N) is 1. The molecule has 2 aliphatic rings. The molecule has 2 fully saturated rings. The van der Waals surface area contributed by atoms with E-state index < -0.39 is 5.41 Å². The van der Waals surface area contributed by atoms with Crippen LogP contribution in [0.3, 0.4) is 0 Å². The van der Waals surface area contributed by atoms with Crippen LogP contribution in [0.15, 0.2) is 18.3 Å². The lowest BCUT2D eigenvalue weighted by Gasteiger charge is -2.38. The zero-order valence-corrected chi connectivity index (χ0v) is 13.1. The Balaban J connectivity index is 1.67. The van der Waals surface area contributed by atoms with Crippen LogP contribution in [0.25, 0.3) is 0 Å². The summed E-state index contributed by atoms with van der Waals surface area (Å²) in [7, 11) is 2.02. The van der Waals surface area contributed by atoms with Gasteiger partial charge in [-0.3, -0.25) is 9.88 Å². The Bertz CT molecular complexity index is 543. The first-order valence-electron chi connectivity index (χ1n) is 8.11. The van der Waals surface area contributed by atoms with E-state index in [-0.39, 0.29) is 5.82 Å². The average Bonchev–Trinajstić information content (AvgIpc) is 3.05. The van der Waals surface area contributed by atoms with Gasteiger partial charge in [-0.1, -0.05) is 0 Å². The number of nitriles is 1. The number of likely N-dealkylation sites (tertiary alicyclic amines) is 1. The van der Waals surface area contributed by atoms with Crippen molar-refractivity contribution in [3.8, 4) is 6.07 Å². The van der Waals surface area contributed by atoms with E-state index >= 15 is 0 Å². The van der Waals surface area contributed by atoms with Gasteiger partial charge in [0.1, 0.15) is 5.82 Å². The molecule has 118 valence electrons. The first kappa shape index (κ1) is 15.4. The van der Waals surface area contributed by atoms with Crippen molar-refractivity contribution < 1.29 is 4.39 Å². The predicted octanol–water partition coefficient (Wildman–Crippen LogP) is 2.22. The molecule has 1 aromatic rings. The number of aromatic nitrogens is 1. The molecular weight excluding hydrogens is 279 g/mol. The van der Waals surface area contributed by atoms with Crippen molar-refractivity contribution in [1.82, 2.24) is 15.2 Å². The number of halogens is 1. The van der Waals surface area contributed by atoms with Crippen molar-refractivity contribution >= 4 is 0 Å². The second-order valence-corrected chi connectivity index (χ2v) is 6.56. The number of likely N-dealkylation sites (N-methyl/N-ethyl adjacent to an activating group) is 1. The molecule has 0 bridgehead atoms. The van der Waals surface area contributed by atoms with Crippen LogP contribution < -0.4 is 5.32 Å². The van der Waals surface area contributed by atoms with Crippen molar-refractivity contribution in [3.63, 3.8) is 0 Å². The standard InChI is InChI=1S/C17H23FN4/c1-20-14-6-9-22(11-14)15-4-7-17(12-19,8-5-15)16-3-2-13(18)10-21-16/h2-3,10,14-15,20H,4-9,11H2,1H3. The summed E-state index contributed by atoms with van der Waals surface area (Å²) < 4.78 is 13.1. The molecule has 5 heteroatoms. The number of hydrogen-bond donors (Lipinski definition) is 1. The lowest BCUT2D eigenvalue weighted by molar-refractivity contribution is 0.161. The molecule has 1 N–H and O–H groups in total. The molecule has 0 spiro atoms. The number of pyridine rings is 1. The van der Waals surface area contributed by atoms with Crippen LogP contribution in [0.1, 0.15) is 37.8 Å². The molecule has 1 saturated heterocycles. The molecule has 2 heterocycles. The van der Waals surface area contributed by atoms with Gasteiger partial charge in [0.2, 0.25) is 0 Å². The minimum atomic E-state index is -0.535. The van der Waals surface area contributed by atoms with E-state index in [0.717, 1.165) is 44.5 Å². The quantitative estimate of drug-likeness (QED) is 0.930. The summed E-state index contributed by atoms with van der Waals surface area (Å²) in [6, 6.07) is 6.72. The van der Waals surface area contributed by atoms with Crippen LogP contribution in [0.5, 0.6) is 0 Å². The highest BCUT2D eigenvalue weighted by Gasteiger charge is 2.40. The van der Waals surface area contributed by atoms with Crippen molar-refractivity contribution in [3.05, 3.63) is 29.8 Å². The van der Waals surface area contributed by atoms with Gasteiger partial charge in [-0.05, 0) is 51.3 Å². The van der Waals surface area contributed by atoms with Crippen LogP contribution in [0.2, 0.25) is 0 Å². The van der Waals surface area contributed by atoms with E-state index in [1.165, 1.54) is 18.7 Å². The molecule has 1 saturated carbocycles. The smallest absolute Gasteiger partial charge is 0.141 e. The average molecular weight is 302 g/mol. The number of nitrogens with zero attached hydrogens (tertiary/aromatic N) is 3. The highest BCUT2D eigenvalue weighted by molar-refractivity contribution is 5.27. The lowest BCUT2D eigenvalue weighted by Crippen LogP contribution is -2.42.